The molecule has 0 saturated carbocycles. The Hall–Kier alpha value is -2.90. The quantitative estimate of drug-likeness (QED) is 0.335. The highest BCUT2D eigenvalue weighted by atomic mass is 16.5. The van der Waals surface area contributed by atoms with Crippen LogP contribution in [0.5, 0.6) is 0 Å². The lowest BCUT2D eigenvalue weighted by Gasteiger charge is -2.26. The van der Waals surface area contributed by atoms with Gasteiger partial charge in [-0.3, -0.25) is 9.59 Å². The first-order chi connectivity index (χ1) is 16.2. The molecule has 190 valence electrons. The number of carbonyl (C=O) groups is 4. The van der Waals surface area contributed by atoms with Crippen LogP contribution in [0.15, 0.2) is 30.3 Å². The van der Waals surface area contributed by atoms with Gasteiger partial charge in [-0.1, -0.05) is 77.8 Å². The summed E-state index contributed by atoms with van der Waals surface area (Å²) in [6.45, 7) is 9.89. The fourth-order valence-electron chi connectivity index (χ4n) is 3.47. The van der Waals surface area contributed by atoms with Crippen molar-refractivity contribution in [3.63, 3.8) is 0 Å². The van der Waals surface area contributed by atoms with Gasteiger partial charge in [0.2, 0.25) is 11.8 Å². The molecule has 0 aliphatic rings. The maximum absolute atomic E-state index is 13.1. The van der Waals surface area contributed by atoms with E-state index < -0.39 is 36.0 Å². The molecule has 1 aromatic rings. The van der Waals surface area contributed by atoms with E-state index in [1.165, 1.54) is 0 Å². The number of nitrogens with one attached hydrogen (secondary N) is 3. The first-order valence-corrected chi connectivity index (χ1v) is 12.2. The van der Waals surface area contributed by atoms with Gasteiger partial charge in [0.1, 0.15) is 25.0 Å². The first kappa shape index (κ1) is 29.1. The van der Waals surface area contributed by atoms with Gasteiger partial charge in [-0.15, -0.1) is 0 Å². The Morgan fingerprint density at radius 3 is 1.97 bits per heavy atom. The fourth-order valence-corrected chi connectivity index (χ4v) is 3.47. The summed E-state index contributed by atoms with van der Waals surface area (Å²) in [5.41, 5.74) is 0.837. The zero-order chi connectivity index (χ0) is 25.5. The third kappa shape index (κ3) is 11.8. The number of ether oxygens (including phenoxy) is 1. The molecule has 8 nitrogen and oxygen atoms in total. The van der Waals surface area contributed by atoms with Crippen molar-refractivity contribution in [1.82, 2.24) is 16.0 Å². The highest BCUT2D eigenvalue weighted by Crippen LogP contribution is 2.10. The van der Waals surface area contributed by atoms with E-state index >= 15 is 0 Å². The molecule has 1 aromatic carbocycles. The standard InChI is InChI=1S/C26H41N3O5/c1-6-7-13-21(16-30)27-24(31)22(14-18(2)3)28-25(32)23(15-19(4)5)29-26(33)34-17-20-11-9-8-10-12-20/h8-12,16,18-19,21-23H,6-7,13-15,17H2,1-5H3,(H,27,31)(H,28,32)(H,29,33)/t21-,22+,23+/m1/s1. The monoisotopic (exact) mass is 475 g/mol. The fraction of sp³-hybridized carbons (Fsp3) is 0.615. The summed E-state index contributed by atoms with van der Waals surface area (Å²) < 4.78 is 5.26. The van der Waals surface area contributed by atoms with Crippen LogP contribution in [0, 0.1) is 11.8 Å². The second-order valence-electron chi connectivity index (χ2n) is 9.47. The van der Waals surface area contributed by atoms with Gasteiger partial charge >= 0.3 is 6.09 Å². The molecule has 3 amide bonds. The summed E-state index contributed by atoms with van der Waals surface area (Å²) >= 11 is 0. The van der Waals surface area contributed by atoms with Gasteiger partial charge < -0.3 is 25.5 Å². The maximum Gasteiger partial charge on any atom is 0.408 e. The Balaban J connectivity index is 2.82. The number of aldehydes is 1. The third-order valence-electron chi connectivity index (χ3n) is 5.23. The zero-order valence-corrected chi connectivity index (χ0v) is 21.1. The maximum atomic E-state index is 13.1. The number of hydrogen-bond acceptors (Lipinski definition) is 5. The van der Waals surface area contributed by atoms with Gasteiger partial charge in [0.15, 0.2) is 0 Å². The molecule has 34 heavy (non-hydrogen) atoms. The Labute approximate surface area is 203 Å². The molecule has 3 N–H and O–H groups in total. The third-order valence-corrected chi connectivity index (χ3v) is 5.23. The number of rotatable bonds is 15. The smallest absolute Gasteiger partial charge is 0.408 e. The molecule has 0 aliphatic heterocycles. The largest absolute Gasteiger partial charge is 0.445 e. The molecule has 0 heterocycles. The van der Waals surface area contributed by atoms with Crippen molar-refractivity contribution >= 4 is 24.2 Å². The number of amides is 3. The van der Waals surface area contributed by atoms with E-state index in [1.54, 1.807) is 0 Å². The van der Waals surface area contributed by atoms with Crippen molar-refractivity contribution in [3.8, 4) is 0 Å². The van der Waals surface area contributed by atoms with E-state index in [1.807, 2.05) is 65.0 Å². The van der Waals surface area contributed by atoms with Gasteiger partial charge in [0.25, 0.3) is 0 Å². The molecular weight excluding hydrogens is 434 g/mol. The lowest BCUT2D eigenvalue weighted by atomic mass is 10.00. The zero-order valence-electron chi connectivity index (χ0n) is 21.1. The summed E-state index contributed by atoms with van der Waals surface area (Å²) in [5, 5.41) is 8.15. The van der Waals surface area contributed by atoms with E-state index in [0.717, 1.165) is 24.7 Å². The minimum atomic E-state index is -0.854. The van der Waals surface area contributed by atoms with Crippen molar-refractivity contribution in [2.75, 3.05) is 0 Å². The number of hydrogen-bond donors (Lipinski definition) is 3. The van der Waals surface area contributed by atoms with E-state index in [-0.39, 0.29) is 18.4 Å². The van der Waals surface area contributed by atoms with Crippen LogP contribution in [-0.4, -0.2) is 42.3 Å². The predicted molar refractivity (Wildman–Crippen MR) is 132 cm³/mol. The van der Waals surface area contributed by atoms with Crippen molar-refractivity contribution in [1.29, 1.82) is 0 Å². The molecule has 0 bridgehead atoms. The van der Waals surface area contributed by atoms with Crippen LogP contribution in [0.2, 0.25) is 0 Å². The van der Waals surface area contributed by atoms with Crippen molar-refractivity contribution in [2.45, 2.75) is 91.5 Å². The number of benzene rings is 1. The number of unbranched alkanes of at least 4 members (excludes halogenated alkanes) is 1. The van der Waals surface area contributed by atoms with Crippen molar-refractivity contribution in [2.24, 2.45) is 11.8 Å². The van der Waals surface area contributed by atoms with Crippen LogP contribution < -0.4 is 16.0 Å². The van der Waals surface area contributed by atoms with E-state index in [2.05, 4.69) is 16.0 Å². The molecular formula is C26H41N3O5. The van der Waals surface area contributed by atoms with E-state index in [4.69, 9.17) is 4.74 Å². The van der Waals surface area contributed by atoms with Crippen LogP contribution in [-0.2, 0) is 25.7 Å². The Bertz CT molecular complexity index is 767. The van der Waals surface area contributed by atoms with Gasteiger partial charge in [-0.05, 0) is 36.7 Å². The van der Waals surface area contributed by atoms with Crippen LogP contribution in [0.4, 0.5) is 4.79 Å². The molecule has 0 aromatic heterocycles. The lowest BCUT2D eigenvalue weighted by Crippen LogP contribution is -2.55. The summed E-state index contributed by atoms with van der Waals surface area (Å²) in [5.74, 6) is -0.600. The van der Waals surface area contributed by atoms with E-state index in [9.17, 15) is 19.2 Å². The minimum absolute atomic E-state index is 0.0892. The van der Waals surface area contributed by atoms with Crippen molar-refractivity contribution < 1.29 is 23.9 Å². The first-order valence-electron chi connectivity index (χ1n) is 12.2. The van der Waals surface area contributed by atoms with Crippen molar-refractivity contribution in [3.05, 3.63) is 35.9 Å². The van der Waals surface area contributed by atoms with Gasteiger partial charge in [0, 0.05) is 0 Å². The molecule has 0 unspecified atom stereocenters. The molecule has 0 spiro atoms. The summed E-state index contributed by atoms with van der Waals surface area (Å²) in [6, 6.07) is 7.00. The Kier molecular flexibility index (Phi) is 13.6. The predicted octanol–water partition coefficient (Wildman–Crippen LogP) is 3.73. The Morgan fingerprint density at radius 1 is 0.882 bits per heavy atom. The molecule has 0 radical (unpaired) electrons. The van der Waals surface area contributed by atoms with Crippen LogP contribution >= 0.6 is 0 Å². The molecule has 8 heteroatoms. The topological polar surface area (TPSA) is 114 Å². The molecule has 3 atom stereocenters. The summed E-state index contributed by atoms with van der Waals surface area (Å²) in [6.07, 6.45) is 3.10. The molecule has 0 fully saturated rings. The minimum Gasteiger partial charge on any atom is -0.445 e. The van der Waals surface area contributed by atoms with Crippen LogP contribution in [0.3, 0.4) is 0 Å². The SMILES string of the molecule is CCCC[C@H](C=O)NC(=O)[C@H](CC(C)C)NC(=O)[C@H](CC(C)C)NC(=O)OCc1ccccc1. The number of carbonyl (C=O) groups excluding carboxylic acids is 4. The normalized spacial score (nSPS) is 13.6. The highest BCUT2D eigenvalue weighted by Gasteiger charge is 2.29. The second-order valence-corrected chi connectivity index (χ2v) is 9.47. The van der Waals surface area contributed by atoms with Gasteiger partial charge in [-0.2, -0.15) is 0 Å². The lowest BCUT2D eigenvalue weighted by molar-refractivity contribution is -0.131. The van der Waals surface area contributed by atoms with E-state index in [0.29, 0.717) is 19.3 Å². The molecule has 0 saturated heterocycles. The second kappa shape index (κ2) is 15.9. The van der Waals surface area contributed by atoms with Gasteiger partial charge in [0.05, 0.1) is 6.04 Å². The van der Waals surface area contributed by atoms with Crippen LogP contribution in [0.1, 0.15) is 72.3 Å². The summed E-state index contributed by atoms with van der Waals surface area (Å²) in [4.78, 5) is 49.7. The van der Waals surface area contributed by atoms with Gasteiger partial charge in [-0.25, -0.2) is 4.79 Å². The summed E-state index contributed by atoms with van der Waals surface area (Å²) in [7, 11) is 0. The van der Waals surface area contributed by atoms with Crippen LogP contribution in [0.25, 0.3) is 0 Å². The highest BCUT2D eigenvalue weighted by molar-refractivity contribution is 5.92. The average Bonchev–Trinajstić information content (AvgIpc) is 2.79. The Morgan fingerprint density at radius 2 is 1.44 bits per heavy atom. The molecule has 0 aliphatic carbocycles. The number of alkyl carbamates (subject to hydrolysis) is 1. The average molecular weight is 476 g/mol. The molecule has 1 rings (SSSR count).